The highest BCUT2D eigenvalue weighted by atomic mass is 35.5. The molecule has 3 aromatic heterocycles. The number of anilines is 2. The second kappa shape index (κ2) is 25.7. The number of aromatic nitrogens is 3. The minimum Gasteiger partial charge on any atom is -0.477 e. The van der Waals surface area contributed by atoms with Crippen LogP contribution in [0.15, 0.2) is 158 Å². The van der Waals surface area contributed by atoms with Crippen LogP contribution in [0.5, 0.6) is 0 Å². The van der Waals surface area contributed by atoms with Crippen LogP contribution in [0.4, 0.5) is 11.4 Å². The molecule has 0 saturated heterocycles. The number of carboxylic acids is 1. The second-order valence-corrected chi connectivity index (χ2v) is 19.6. The smallest absolute Gasteiger partial charge is 0.352 e. The summed E-state index contributed by atoms with van der Waals surface area (Å²) in [5, 5.41) is 12.7. The van der Waals surface area contributed by atoms with E-state index in [2.05, 4.69) is 11.0 Å². The fourth-order valence-corrected chi connectivity index (χ4v) is 9.34. The number of amides is 1. The van der Waals surface area contributed by atoms with E-state index in [9.17, 15) is 19.2 Å². The summed E-state index contributed by atoms with van der Waals surface area (Å²) in [6, 6.07) is 35.3. The van der Waals surface area contributed by atoms with Gasteiger partial charge < -0.3 is 33.3 Å². The number of ether oxygens (including phenoxy) is 1. The zero-order valence-electron chi connectivity index (χ0n) is 39.9. The van der Waals surface area contributed by atoms with E-state index in [4.69, 9.17) is 79.4 Å². The predicted octanol–water partition coefficient (Wildman–Crippen LogP) is 14.5. The van der Waals surface area contributed by atoms with Gasteiger partial charge in [0, 0.05) is 100.0 Å². The first-order valence-corrected chi connectivity index (χ1v) is 25.6. The number of rotatable bonds is 12. The first-order valence-electron chi connectivity index (χ1n) is 23.3. The molecule has 2 aliphatic carbocycles. The maximum atomic E-state index is 13.5. The van der Waals surface area contributed by atoms with Crippen LogP contribution in [0, 0.1) is 0 Å². The molecule has 7 aromatic rings. The molecule has 73 heavy (non-hydrogen) atoms. The minimum atomic E-state index is -0.965. The number of carboxylic acid groups (broad SMARTS) is 1. The van der Waals surface area contributed by atoms with E-state index in [-0.39, 0.29) is 23.4 Å². The van der Waals surface area contributed by atoms with E-state index in [1.807, 2.05) is 87.1 Å². The Morgan fingerprint density at radius 1 is 0.603 bits per heavy atom. The fourth-order valence-electron chi connectivity index (χ4n) is 8.23. The van der Waals surface area contributed by atoms with Gasteiger partial charge in [-0.1, -0.05) is 100.0 Å². The first-order chi connectivity index (χ1) is 35.1. The number of ketones is 1. The summed E-state index contributed by atoms with van der Waals surface area (Å²) in [5.74, 6) is -1.11. The summed E-state index contributed by atoms with van der Waals surface area (Å²) in [4.78, 5) is 51.1. The molecule has 1 aliphatic heterocycles. The number of benzene rings is 4. The highest BCUT2D eigenvalue weighted by Crippen LogP contribution is 2.40. The number of nitrogens with zero attached hydrogens (tertiary/aromatic N) is 5. The SMILES string of the molecule is CC(=O)c1cccn1Cc1cc(Cl)ccc1Cl.CCOC(=O)C1=CC=CC1.O=C(O)c1cccn1Cc1cc(Cl)ccc1Cl.O=C(c1cccn1Cc1cc(Cl)ccc1Cl)N1CCN(C2CC2)c2ccccc21. The zero-order valence-corrected chi connectivity index (χ0v) is 44.4. The average Bonchev–Trinajstić information content (AvgIpc) is 3.84. The van der Waals surface area contributed by atoms with E-state index in [1.54, 1.807) is 91.4 Å². The van der Waals surface area contributed by atoms with Crippen molar-refractivity contribution >= 4 is 105 Å². The number of fused-ring (bicyclic) bond motifs is 1. The Kier molecular flexibility index (Phi) is 19.2. The molecule has 0 unspecified atom stereocenters. The number of esters is 1. The lowest BCUT2D eigenvalue weighted by Crippen LogP contribution is -2.45. The van der Waals surface area contributed by atoms with E-state index in [0.29, 0.717) is 80.4 Å². The standard InChI is InChI=1S/C23H21Cl2N3O.C13H11Cl2NO.C12H9Cl2NO2.C8H10O2/c24-17-7-10-19(25)16(14-17)15-26-11-3-6-22(26)23(29)28-13-12-27(18-8-9-18)20-4-1-2-5-21(20)28;1-9(17)13-3-2-6-16(13)8-10-7-11(14)4-5-12(10)15;13-9-3-4-10(14)8(6-9)7-15-5-1-2-11(15)12(16)17;1-2-10-8(9)7-5-3-4-6-7/h1-7,10-11,14,18H,8-9,12-13,15H2;2-7H,8H2,1H3;1-6H,7H2,(H,16,17);3-5H,2,6H2,1H3. The van der Waals surface area contributed by atoms with Crippen molar-refractivity contribution in [2.75, 3.05) is 29.5 Å². The summed E-state index contributed by atoms with van der Waals surface area (Å²) in [6.07, 6.45) is 14.3. The molecular formula is C56H51Cl6N5O6. The fraction of sp³-hybridized carbons (Fsp3) is 0.214. The molecule has 0 bridgehead atoms. The third-order valence-electron chi connectivity index (χ3n) is 11.9. The van der Waals surface area contributed by atoms with Crippen molar-refractivity contribution < 1.29 is 29.0 Å². The van der Waals surface area contributed by atoms with Gasteiger partial charge >= 0.3 is 11.9 Å². The number of hydrogen-bond donors (Lipinski definition) is 1. The Labute approximate surface area is 454 Å². The Morgan fingerprint density at radius 2 is 1.08 bits per heavy atom. The van der Waals surface area contributed by atoms with Crippen molar-refractivity contribution in [3.8, 4) is 0 Å². The van der Waals surface area contributed by atoms with Gasteiger partial charge in [0.05, 0.1) is 23.7 Å². The van der Waals surface area contributed by atoms with Crippen molar-refractivity contribution in [2.24, 2.45) is 0 Å². The normalized spacial score (nSPS) is 13.3. The lowest BCUT2D eigenvalue weighted by molar-refractivity contribution is -0.138. The van der Waals surface area contributed by atoms with E-state index in [1.165, 1.54) is 12.8 Å². The van der Waals surface area contributed by atoms with Gasteiger partial charge in [-0.3, -0.25) is 9.59 Å². The molecule has 4 heterocycles. The maximum absolute atomic E-state index is 13.5. The maximum Gasteiger partial charge on any atom is 0.352 e. The molecular weight excluding hydrogens is 1050 g/mol. The number of Topliss-reactive ketones (excluding diaryl/α,β-unsaturated/α-hetero) is 1. The molecule has 1 N–H and O–H groups in total. The first kappa shape index (κ1) is 54.6. The molecule has 378 valence electrons. The van der Waals surface area contributed by atoms with Crippen molar-refractivity contribution in [2.45, 2.75) is 58.8 Å². The van der Waals surface area contributed by atoms with Gasteiger partial charge in [0.1, 0.15) is 11.4 Å². The second-order valence-electron chi connectivity index (χ2n) is 17.0. The molecule has 0 atom stereocenters. The Balaban J connectivity index is 0.000000153. The van der Waals surface area contributed by atoms with Gasteiger partial charge in [0.25, 0.3) is 5.91 Å². The van der Waals surface area contributed by atoms with Crippen LogP contribution in [0.1, 0.15) is 81.3 Å². The third-order valence-corrected chi connectivity index (χ3v) is 13.7. The monoisotopic (exact) mass is 1100 g/mol. The number of para-hydroxylation sites is 2. The number of carbonyl (C=O) groups excluding carboxylic acids is 3. The molecule has 1 saturated carbocycles. The molecule has 3 aliphatic rings. The minimum absolute atomic E-state index is 0.0102. The molecule has 0 radical (unpaired) electrons. The summed E-state index contributed by atoms with van der Waals surface area (Å²) >= 11 is 36.4. The van der Waals surface area contributed by atoms with Gasteiger partial charge in [0.15, 0.2) is 5.78 Å². The Hall–Kier alpha value is -6.18. The van der Waals surface area contributed by atoms with Gasteiger partial charge in [-0.2, -0.15) is 0 Å². The average molecular weight is 1100 g/mol. The van der Waals surface area contributed by atoms with Gasteiger partial charge in [0.2, 0.25) is 0 Å². The van der Waals surface area contributed by atoms with E-state index < -0.39 is 5.97 Å². The largest absolute Gasteiger partial charge is 0.477 e. The van der Waals surface area contributed by atoms with E-state index in [0.717, 1.165) is 46.6 Å². The van der Waals surface area contributed by atoms with Crippen molar-refractivity contribution in [3.63, 3.8) is 0 Å². The van der Waals surface area contributed by atoms with Gasteiger partial charge in [-0.15, -0.1) is 0 Å². The lowest BCUT2D eigenvalue weighted by atomic mass is 10.1. The van der Waals surface area contributed by atoms with Crippen LogP contribution >= 0.6 is 69.6 Å². The summed E-state index contributed by atoms with van der Waals surface area (Å²) < 4.78 is 10.2. The number of halogens is 6. The highest BCUT2D eigenvalue weighted by molar-refractivity contribution is 6.34. The van der Waals surface area contributed by atoms with Gasteiger partial charge in [-0.25, -0.2) is 9.59 Å². The number of allylic oxidation sites excluding steroid dienone is 3. The quantitative estimate of drug-likeness (QED) is 0.0956. The van der Waals surface area contributed by atoms with Crippen LogP contribution in [0.25, 0.3) is 0 Å². The molecule has 1 amide bonds. The molecule has 17 heteroatoms. The van der Waals surface area contributed by atoms with Crippen LogP contribution in [0.3, 0.4) is 0 Å². The molecule has 11 nitrogen and oxygen atoms in total. The number of hydrogen-bond acceptors (Lipinski definition) is 6. The third kappa shape index (κ3) is 14.5. The number of aromatic carboxylic acids is 1. The summed E-state index contributed by atoms with van der Waals surface area (Å²) in [5.41, 5.74) is 7.02. The molecule has 10 rings (SSSR count). The van der Waals surface area contributed by atoms with Crippen LogP contribution in [-0.4, -0.2) is 68.2 Å². The van der Waals surface area contributed by atoms with Gasteiger partial charge in [-0.05, 0) is 146 Å². The van der Waals surface area contributed by atoms with Crippen molar-refractivity contribution in [1.82, 2.24) is 13.7 Å². The Morgan fingerprint density at radius 3 is 1.55 bits per heavy atom. The Bertz CT molecular complexity index is 3070. The molecule has 1 fully saturated rings. The molecule has 4 aromatic carbocycles. The van der Waals surface area contributed by atoms with Crippen molar-refractivity contribution in [1.29, 1.82) is 0 Å². The topological polar surface area (TPSA) is 119 Å². The molecule has 0 spiro atoms. The van der Waals surface area contributed by atoms with Crippen molar-refractivity contribution in [3.05, 3.63) is 222 Å². The zero-order chi connectivity index (χ0) is 52.2. The van der Waals surface area contributed by atoms with E-state index >= 15 is 0 Å². The van der Waals surface area contributed by atoms with Crippen LogP contribution in [0.2, 0.25) is 30.1 Å². The predicted molar refractivity (Wildman–Crippen MR) is 294 cm³/mol. The van der Waals surface area contributed by atoms with Crippen LogP contribution in [-0.2, 0) is 29.2 Å². The number of carbonyl (C=O) groups is 4. The lowest BCUT2D eigenvalue weighted by Gasteiger charge is -2.38. The highest BCUT2D eigenvalue weighted by Gasteiger charge is 2.36. The van der Waals surface area contributed by atoms with Crippen LogP contribution < -0.4 is 9.80 Å². The summed E-state index contributed by atoms with van der Waals surface area (Å²) in [6.45, 7) is 6.79. The summed E-state index contributed by atoms with van der Waals surface area (Å²) in [7, 11) is 0.